The van der Waals surface area contributed by atoms with Crippen LogP contribution in [0, 0.1) is 0 Å². The number of aromatic nitrogens is 4. The minimum Gasteiger partial charge on any atom is -0.383 e. The Balaban J connectivity index is 2.09. The highest BCUT2D eigenvalue weighted by molar-refractivity contribution is 9.10. The summed E-state index contributed by atoms with van der Waals surface area (Å²) in [6.45, 7) is 1.32. The van der Waals surface area contributed by atoms with Gasteiger partial charge in [0.15, 0.2) is 0 Å². The lowest BCUT2D eigenvalue weighted by Crippen LogP contribution is -2.26. The first-order valence-corrected chi connectivity index (χ1v) is 6.76. The van der Waals surface area contributed by atoms with Crippen LogP contribution in [0.3, 0.4) is 0 Å². The zero-order valence-electron chi connectivity index (χ0n) is 10.9. The van der Waals surface area contributed by atoms with Gasteiger partial charge in [0, 0.05) is 13.3 Å². The van der Waals surface area contributed by atoms with E-state index in [1.165, 1.54) is 4.68 Å². The van der Waals surface area contributed by atoms with E-state index in [1.54, 1.807) is 25.6 Å². The molecule has 0 bridgehead atoms. The molecule has 0 amide bonds. The highest BCUT2D eigenvalue weighted by Gasteiger charge is 2.08. The highest BCUT2D eigenvalue weighted by Crippen LogP contribution is 2.16. The second-order valence-electron chi connectivity index (χ2n) is 3.96. The van der Waals surface area contributed by atoms with Crippen molar-refractivity contribution in [2.75, 3.05) is 19.0 Å². The van der Waals surface area contributed by atoms with Gasteiger partial charge in [0.25, 0.3) is 5.56 Å². The number of rotatable bonds is 6. The van der Waals surface area contributed by atoms with Crippen LogP contribution in [0.5, 0.6) is 0 Å². The fraction of sp³-hybridized carbons (Fsp3) is 0.333. The molecule has 0 radical (unpaired) electrons. The molecule has 0 aliphatic carbocycles. The van der Waals surface area contributed by atoms with Gasteiger partial charge in [-0.2, -0.15) is 15.3 Å². The zero-order valence-corrected chi connectivity index (χ0v) is 12.5. The molecule has 8 heteroatoms. The Hall–Kier alpha value is -1.80. The smallest absolute Gasteiger partial charge is 0.283 e. The quantitative estimate of drug-likeness (QED) is 0.847. The first-order chi connectivity index (χ1) is 9.72. The fourth-order valence-electron chi connectivity index (χ4n) is 1.54. The fourth-order valence-corrected chi connectivity index (χ4v) is 1.99. The number of hydrogen-bond donors (Lipinski definition) is 1. The molecule has 0 atom stereocenters. The van der Waals surface area contributed by atoms with Crippen molar-refractivity contribution in [3.05, 3.63) is 45.0 Å². The Bertz CT molecular complexity index is 617. The van der Waals surface area contributed by atoms with Gasteiger partial charge in [-0.1, -0.05) is 0 Å². The average molecular weight is 340 g/mol. The van der Waals surface area contributed by atoms with E-state index in [-0.39, 0.29) is 5.56 Å². The van der Waals surface area contributed by atoms with Crippen LogP contribution >= 0.6 is 15.9 Å². The van der Waals surface area contributed by atoms with Crippen molar-refractivity contribution in [2.45, 2.75) is 13.1 Å². The molecule has 0 fully saturated rings. The van der Waals surface area contributed by atoms with Crippen molar-refractivity contribution in [1.29, 1.82) is 0 Å². The van der Waals surface area contributed by atoms with Gasteiger partial charge in [-0.25, -0.2) is 4.68 Å². The highest BCUT2D eigenvalue weighted by atomic mass is 79.9. The molecule has 0 spiro atoms. The summed E-state index contributed by atoms with van der Waals surface area (Å²) in [6.07, 6.45) is 3.20. The third-order valence-corrected chi connectivity index (χ3v) is 3.35. The van der Waals surface area contributed by atoms with Crippen molar-refractivity contribution < 1.29 is 4.74 Å². The SMILES string of the molecule is COCCn1ncc(NCc2cccnn2)c(Br)c1=O. The van der Waals surface area contributed by atoms with Crippen LogP contribution in [0.2, 0.25) is 0 Å². The molecule has 2 rings (SSSR count). The number of hydrogen-bond acceptors (Lipinski definition) is 6. The summed E-state index contributed by atoms with van der Waals surface area (Å²) < 4.78 is 6.72. The topological polar surface area (TPSA) is 81.9 Å². The maximum Gasteiger partial charge on any atom is 0.283 e. The van der Waals surface area contributed by atoms with Crippen molar-refractivity contribution in [2.24, 2.45) is 0 Å². The van der Waals surface area contributed by atoms with E-state index in [0.717, 1.165) is 5.69 Å². The van der Waals surface area contributed by atoms with Gasteiger partial charge < -0.3 is 10.1 Å². The molecule has 0 saturated carbocycles. The Labute approximate surface area is 124 Å². The Morgan fingerprint density at radius 3 is 3.05 bits per heavy atom. The zero-order chi connectivity index (χ0) is 14.4. The minimum atomic E-state index is -0.203. The third kappa shape index (κ3) is 3.61. The first kappa shape index (κ1) is 14.6. The van der Waals surface area contributed by atoms with Gasteiger partial charge in [-0.15, -0.1) is 0 Å². The van der Waals surface area contributed by atoms with Gasteiger partial charge >= 0.3 is 0 Å². The van der Waals surface area contributed by atoms with Crippen LogP contribution in [0.15, 0.2) is 33.8 Å². The molecule has 7 nitrogen and oxygen atoms in total. The first-order valence-electron chi connectivity index (χ1n) is 5.97. The molecule has 0 aliphatic heterocycles. The maximum absolute atomic E-state index is 12.0. The van der Waals surface area contributed by atoms with Crippen molar-refractivity contribution in [1.82, 2.24) is 20.0 Å². The molecule has 1 N–H and O–H groups in total. The summed E-state index contributed by atoms with van der Waals surface area (Å²) in [6, 6.07) is 3.65. The average Bonchev–Trinajstić information content (AvgIpc) is 2.49. The van der Waals surface area contributed by atoms with Crippen molar-refractivity contribution in [3.8, 4) is 0 Å². The largest absolute Gasteiger partial charge is 0.383 e. The predicted molar refractivity (Wildman–Crippen MR) is 77.4 cm³/mol. The van der Waals surface area contributed by atoms with Crippen LogP contribution in [0.25, 0.3) is 0 Å². The Kier molecular flexibility index (Phi) is 5.19. The molecular formula is C12H14BrN5O2. The van der Waals surface area contributed by atoms with E-state index in [9.17, 15) is 4.79 Å². The summed E-state index contributed by atoms with van der Waals surface area (Å²) >= 11 is 3.28. The molecule has 0 aromatic carbocycles. The molecule has 0 unspecified atom stereocenters. The lowest BCUT2D eigenvalue weighted by molar-refractivity contribution is 0.181. The molecule has 0 saturated heterocycles. The van der Waals surface area contributed by atoms with Crippen LogP contribution < -0.4 is 10.9 Å². The summed E-state index contributed by atoms with van der Waals surface area (Å²) in [5, 5.41) is 14.9. The number of nitrogens with zero attached hydrogens (tertiary/aromatic N) is 4. The van der Waals surface area contributed by atoms with E-state index in [1.807, 2.05) is 6.07 Å². The molecule has 2 aromatic rings. The summed E-state index contributed by atoms with van der Waals surface area (Å²) in [7, 11) is 1.58. The summed E-state index contributed by atoms with van der Waals surface area (Å²) in [5.74, 6) is 0. The molecule has 0 aliphatic rings. The predicted octanol–water partition coefficient (Wildman–Crippen LogP) is 1.05. The second-order valence-corrected chi connectivity index (χ2v) is 4.75. The molecular weight excluding hydrogens is 326 g/mol. The van der Waals surface area contributed by atoms with Gasteiger partial charge in [0.2, 0.25) is 0 Å². The van der Waals surface area contributed by atoms with Crippen LogP contribution in [-0.2, 0) is 17.8 Å². The monoisotopic (exact) mass is 339 g/mol. The molecule has 20 heavy (non-hydrogen) atoms. The number of anilines is 1. The molecule has 2 heterocycles. The lowest BCUT2D eigenvalue weighted by atomic mass is 10.3. The van der Waals surface area contributed by atoms with Crippen LogP contribution in [0.1, 0.15) is 5.69 Å². The van der Waals surface area contributed by atoms with E-state index < -0.39 is 0 Å². The summed E-state index contributed by atoms with van der Waals surface area (Å²) in [5.41, 5.74) is 1.20. The standard InChI is InChI=1S/C12H14BrN5O2/c1-20-6-5-18-12(19)11(13)10(8-16-18)14-7-9-3-2-4-15-17-9/h2-4,8,14H,5-7H2,1H3. The van der Waals surface area contributed by atoms with E-state index in [0.29, 0.717) is 29.9 Å². The Morgan fingerprint density at radius 1 is 1.50 bits per heavy atom. The lowest BCUT2D eigenvalue weighted by Gasteiger charge is -2.09. The van der Waals surface area contributed by atoms with Gasteiger partial charge in [-0.05, 0) is 28.1 Å². The van der Waals surface area contributed by atoms with Gasteiger partial charge in [-0.3, -0.25) is 4.79 Å². The summed E-state index contributed by atoms with van der Waals surface area (Å²) in [4.78, 5) is 12.0. The maximum atomic E-state index is 12.0. The molecule has 2 aromatic heterocycles. The number of halogens is 1. The number of nitrogens with one attached hydrogen (secondary N) is 1. The van der Waals surface area contributed by atoms with Crippen molar-refractivity contribution >= 4 is 21.6 Å². The third-order valence-electron chi connectivity index (χ3n) is 2.58. The van der Waals surface area contributed by atoms with Gasteiger partial charge in [0.05, 0.1) is 37.3 Å². The van der Waals surface area contributed by atoms with E-state index in [2.05, 4.69) is 36.5 Å². The van der Waals surface area contributed by atoms with Crippen molar-refractivity contribution in [3.63, 3.8) is 0 Å². The number of ether oxygens (including phenoxy) is 1. The van der Waals surface area contributed by atoms with Crippen LogP contribution in [0.4, 0.5) is 5.69 Å². The Morgan fingerprint density at radius 2 is 2.35 bits per heavy atom. The van der Waals surface area contributed by atoms with E-state index >= 15 is 0 Å². The van der Waals surface area contributed by atoms with Crippen LogP contribution in [-0.4, -0.2) is 33.7 Å². The van der Waals surface area contributed by atoms with E-state index in [4.69, 9.17) is 4.74 Å². The number of methoxy groups -OCH3 is 1. The molecule has 106 valence electrons. The second kappa shape index (κ2) is 7.11. The minimum absolute atomic E-state index is 0.203. The normalized spacial score (nSPS) is 10.5. The van der Waals surface area contributed by atoms with Gasteiger partial charge in [0.1, 0.15) is 4.47 Å².